The summed E-state index contributed by atoms with van der Waals surface area (Å²) in [6, 6.07) is 2.02. The van der Waals surface area contributed by atoms with Crippen molar-refractivity contribution in [3.8, 4) is 0 Å². The van der Waals surface area contributed by atoms with Crippen molar-refractivity contribution in [1.29, 1.82) is 0 Å². The van der Waals surface area contributed by atoms with Crippen LogP contribution in [-0.4, -0.2) is 51.7 Å². The van der Waals surface area contributed by atoms with E-state index in [-0.39, 0.29) is 17.8 Å². The molecule has 0 unspecified atom stereocenters. The van der Waals surface area contributed by atoms with E-state index in [1.807, 2.05) is 19.9 Å². The maximum absolute atomic E-state index is 13.0. The van der Waals surface area contributed by atoms with E-state index < -0.39 is 0 Å². The quantitative estimate of drug-likeness (QED) is 0.695. The number of fused-ring (bicyclic) bond motifs is 2. The number of amides is 1. The van der Waals surface area contributed by atoms with Crippen molar-refractivity contribution in [2.45, 2.75) is 53.1 Å². The van der Waals surface area contributed by atoms with Gasteiger partial charge in [-0.2, -0.15) is 4.98 Å². The van der Waals surface area contributed by atoms with E-state index in [1.165, 1.54) is 0 Å². The summed E-state index contributed by atoms with van der Waals surface area (Å²) in [4.78, 5) is 23.4. The maximum atomic E-state index is 13.0. The summed E-state index contributed by atoms with van der Waals surface area (Å²) in [5, 5.41) is 12.9. The lowest BCUT2D eigenvalue weighted by Crippen LogP contribution is -2.41. The van der Waals surface area contributed by atoms with E-state index in [4.69, 9.17) is 0 Å². The van der Waals surface area contributed by atoms with Crippen LogP contribution < -0.4 is 0 Å². The number of rotatable bonds is 2. The third-order valence-electron chi connectivity index (χ3n) is 4.66. The largest absolute Gasteiger partial charge is 0.326 e. The first-order valence-electron chi connectivity index (χ1n) is 8.79. The molecule has 0 N–H and O–H groups in total. The third kappa shape index (κ3) is 2.54. The van der Waals surface area contributed by atoms with Gasteiger partial charge < -0.3 is 9.47 Å². The van der Waals surface area contributed by atoms with Gasteiger partial charge in [0.15, 0.2) is 5.82 Å². The fourth-order valence-corrected chi connectivity index (χ4v) is 3.51. The molecule has 4 rings (SSSR count). The summed E-state index contributed by atoms with van der Waals surface area (Å²) >= 11 is 0. The van der Waals surface area contributed by atoms with E-state index in [9.17, 15) is 4.79 Å². The smallest absolute Gasteiger partial charge is 0.294 e. The highest BCUT2D eigenvalue weighted by Gasteiger charge is 2.32. The van der Waals surface area contributed by atoms with Crippen molar-refractivity contribution in [2.75, 3.05) is 6.54 Å². The van der Waals surface area contributed by atoms with Crippen LogP contribution in [0.3, 0.4) is 0 Å². The SMILES string of the molecule is Cc1cc(C)n2nc(C(=O)N3Cc4nnc(C(C)C)n4[C@@H](C)C3)nc2n1. The Morgan fingerprint density at radius 1 is 1.23 bits per heavy atom. The van der Waals surface area contributed by atoms with Gasteiger partial charge in [0.1, 0.15) is 5.82 Å². The highest BCUT2D eigenvalue weighted by Crippen LogP contribution is 2.25. The average Bonchev–Trinajstić information content (AvgIpc) is 3.18. The van der Waals surface area contributed by atoms with Gasteiger partial charge in [0, 0.05) is 23.9 Å². The Labute approximate surface area is 151 Å². The lowest BCUT2D eigenvalue weighted by molar-refractivity contribution is 0.0667. The molecule has 1 amide bonds. The van der Waals surface area contributed by atoms with Gasteiger partial charge in [0.25, 0.3) is 11.7 Å². The van der Waals surface area contributed by atoms with E-state index in [1.54, 1.807) is 9.42 Å². The highest BCUT2D eigenvalue weighted by molar-refractivity contribution is 5.91. The molecule has 0 fully saturated rings. The van der Waals surface area contributed by atoms with Crippen molar-refractivity contribution < 1.29 is 4.79 Å². The van der Waals surface area contributed by atoms with Crippen LogP contribution in [0.4, 0.5) is 0 Å². The highest BCUT2D eigenvalue weighted by atomic mass is 16.2. The molecule has 9 heteroatoms. The summed E-state index contributed by atoms with van der Waals surface area (Å²) in [6.07, 6.45) is 0. The second kappa shape index (κ2) is 5.86. The van der Waals surface area contributed by atoms with Crippen LogP contribution in [0.15, 0.2) is 6.07 Å². The Bertz CT molecular complexity index is 1000. The topological polar surface area (TPSA) is 94.1 Å². The van der Waals surface area contributed by atoms with Crippen molar-refractivity contribution in [1.82, 2.24) is 39.2 Å². The van der Waals surface area contributed by atoms with Crippen molar-refractivity contribution in [2.24, 2.45) is 0 Å². The summed E-state index contributed by atoms with van der Waals surface area (Å²) in [5.74, 6) is 2.45. The summed E-state index contributed by atoms with van der Waals surface area (Å²) in [7, 11) is 0. The molecule has 0 saturated heterocycles. The van der Waals surface area contributed by atoms with Crippen molar-refractivity contribution in [3.63, 3.8) is 0 Å². The first-order valence-corrected chi connectivity index (χ1v) is 8.79. The van der Waals surface area contributed by atoms with Gasteiger partial charge in [-0.3, -0.25) is 4.79 Å². The minimum absolute atomic E-state index is 0.106. The normalized spacial score (nSPS) is 17.2. The zero-order valence-corrected chi connectivity index (χ0v) is 15.6. The van der Waals surface area contributed by atoms with Crippen molar-refractivity contribution in [3.05, 3.63) is 34.9 Å². The Morgan fingerprint density at radius 3 is 2.73 bits per heavy atom. The van der Waals surface area contributed by atoms with Crippen molar-refractivity contribution >= 4 is 11.7 Å². The molecule has 0 saturated carbocycles. The molecule has 0 aliphatic carbocycles. The van der Waals surface area contributed by atoms with Crippen LogP contribution in [0.5, 0.6) is 0 Å². The van der Waals surface area contributed by atoms with Crippen LogP contribution >= 0.6 is 0 Å². The second-order valence-electron chi connectivity index (χ2n) is 7.22. The Hall–Kier alpha value is -2.84. The van der Waals surface area contributed by atoms with E-state index in [2.05, 4.69) is 50.6 Å². The third-order valence-corrected chi connectivity index (χ3v) is 4.66. The molecule has 0 spiro atoms. The molecular formula is C17H22N8O. The monoisotopic (exact) mass is 354 g/mol. The molecule has 0 bridgehead atoms. The van der Waals surface area contributed by atoms with Gasteiger partial charge in [-0.05, 0) is 26.8 Å². The average molecular weight is 354 g/mol. The first-order chi connectivity index (χ1) is 12.3. The van der Waals surface area contributed by atoms with Crippen LogP contribution in [0.25, 0.3) is 5.78 Å². The summed E-state index contributed by atoms with van der Waals surface area (Å²) < 4.78 is 3.74. The molecule has 1 aliphatic rings. The first kappa shape index (κ1) is 16.6. The van der Waals surface area contributed by atoms with Crippen LogP contribution in [0.2, 0.25) is 0 Å². The van der Waals surface area contributed by atoms with Gasteiger partial charge in [0.05, 0.1) is 12.6 Å². The number of aromatic nitrogens is 7. The second-order valence-corrected chi connectivity index (χ2v) is 7.22. The fourth-order valence-electron chi connectivity index (χ4n) is 3.51. The number of aryl methyl sites for hydroxylation is 2. The predicted molar refractivity (Wildman–Crippen MR) is 93.8 cm³/mol. The van der Waals surface area contributed by atoms with Crippen LogP contribution in [0.1, 0.15) is 66.4 Å². The minimum Gasteiger partial charge on any atom is -0.326 e. The molecule has 4 heterocycles. The molecule has 3 aromatic rings. The minimum atomic E-state index is -0.209. The van der Waals surface area contributed by atoms with E-state index >= 15 is 0 Å². The predicted octanol–water partition coefficient (Wildman–Crippen LogP) is 1.67. The molecule has 0 aromatic carbocycles. The standard InChI is InChI=1S/C17H22N8O/c1-9(2)15-21-20-13-8-23(7-12(5)24(13)15)16(26)14-19-17-18-10(3)6-11(4)25(17)22-14/h6,9,12H,7-8H2,1-5H3/t12-/m0/s1. The van der Waals surface area contributed by atoms with E-state index in [0.29, 0.717) is 24.8 Å². The lowest BCUT2D eigenvalue weighted by Gasteiger charge is -2.32. The Morgan fingerprint density at radius 2 is 2.00 bits per heavy atom. The fraction of sp³-hybridized carbons (Fsp3) is 0.529. The molecule has 136 valence electrons. The number of carbonyl (C=O) groups is 1. The Balaban J connectivity index is 1.66. The Kier molecular flexibility index (Phi) is 3.74. The van der Waals surface area contributed by atoms with Gasteiger partial charge in [0.2, 0.25) is 5.82 Å². The number of carbonyl (C=O) groups excluding carboxylic acids is 1. The number of nitrogens with zero attached hydrogens (tertiary/aromatic N) is 8. The van der Waals surface area contributed by atoms with Gasteiger partial charge in [-0.15, -0.1) is 15.3 Å². The van der Waals surface area contributed by atoms with Gasteiger partial charge in [-0.25, -0.2) is 9.50 Å². The number of hydrogen-bond donors (Lipinski definition) is 0. The summed E-state index contributed by atoms with van der Waals surface area (Å²) in [5.41, 5.74) is 1.75. The van der Waals surface area contributed by atoms with Gasteiger partial charge >= 0.3 is 0 Å². The molecule has 0 radical (unpaired) electrons. The number of hydrogen-bond acceptors (Lipinski definition) is 6. The zero-order valence-electron chi connectivity index (χ0n) is 15.6. The molecule has 1 aliphatic heterocycles. The zero-order chi connectivity index (χ0) is 18.6. The summed E-state index contributed by atoms with van der Waals surface area (Å²) in [6.45, 7) is 11.1. The maximum Gasteiger partial charge on any atom is 0.294 e. The molecule has 1 atom stereocenters. The van der Waals surface area contributed by atoms with Crippen LogP contribution in [-0.2, 0) is 6.54 Å². The molecular weight excluding hydrogens is 332 g/mol. The molecule has 9 nitrogen and oxygen atoms in total. The van der Waals surface area contributed by atoms with Gasteiger partial charge in [-0.1, -0.05) is 13.8 Å². The van der Waals surface area contributed by atoms with E-state index in [0.717, 1.165) is 23.0 Å². The molecule has 26 heavy (non-hydrogen) atoms. The lowest BCUT2D eigenvalue weighted by atomic mass is 10.1. The van der Waals surface area contributed by atoms with Crippen LogP contribution in [0, 0.1) is 13.8 Å². The molecule has 3 aromatic heterocycles.